The molecule has 0 radical (unpaired) electrons. The van der Waals surface area contributed by atoms with Gasteiger partial charge in [-0.1, -0.05) is 0 Å². The number of rotatable bonds is 7. The number of aromatic nitrogens is 5. The Morgan fingerprint density at radius 1 is 1.32 bits per heavy atom. The summed E-state index contributed by atoms with van der Waals surface area (Å²) in [5, 5.41) is 3.21. The number of hydrogen-bond donors (Lipinski definition) is 1. The van der Waals surface area contributed by atoms with E-state index in [0.29, 0.717) is 5.95 Å². The summed E-state index contributed by atoms with van der Waals surface area (Å²) in [5.41, 5.74) is 0. The highest BCUT2D eigenvalue weighted by Gasteiger charge is 2.03. The first-order valence-electron chi connectivity index (χ1n) is 5.93. The first-order chi connectivity index (χ1) is 9.28. The molecular formula is C11H15ClN6O. The maximum atomic E-state index is 5.74. The van der Waals surface area contributed by atoms with Crippen LogP contribution in [0.3, 0.4) is 0 Å². The van der Waals surface area contributed by atoms with Gasteiger partial charge in [-0.15, -0.1) is 0 Å². The Labute approximate surface area is 116 Å². The second-order valence-electron chi connectivity index (χ2n) is 3.85. The van der Waals surface area contributed by atoms with Gasteiger partial charge >= 0.3 is 6.01 Å². The Bertz CT molecular complexity index is 504. The highest BCUT2D eigenvalue weighted by molar-refractivity contribution is 6.28. The number of nitrogens with one attached hydrogen (secondary N) is 1. The standard InChI is InChI=1S/C11H15ClN6O/c1-19-11-16-9(12)15-10(17-11)14-4-2-3-6-18-7-5-13-8-18/h5,7-8H,2-4,6H2,1H3,(H,14,15,16,17). The van der Waals surface area contributed by atoms with E-state index in [4.69, 9.17) is 16.3 Å². The van der Waals surface area contributed by atoms with E-state index in [0.717, 1.165) is 25.9 Å². The zero-order chi connectivity index (χ0) is 13.5. The number of anilines is 1. The molecule has 0 fully saturated rings. The minimum atomic E-state index is 0.118. The van der Waals surface area contributed by atoms with Crippen molar-refractivity contribution in [1.29, 1.82) is 0 Å². The molecule has 1 N–H and O–H groups in total. The van der Waals surface area contributed by atoms with Crippen LogP contribution in [0.1, 0.15) is 12.8 Å². The van der Waals surface area contributed by atoms with Crippen molar-refractivity contribution in [2.75, 3.05) is 19.0 Å². The van der Waals surface area contributed by atoms with Gasteiger partial charge in [0.25, 0.3) is 0 Å². The van der Waals surface area contributed by atoms with Crippen molar-refractivity contribution in [2.24, 2.45) is 0 Å². The molecule has 0 aliphatic rings. The lowest BCUT2D eigenvalue weighted by atomic mass is 10.3. The maximum Gasteiger partial charge on any atom is 0.322 e. The molecule has 0 aliphatic heterocycles. The summed E-state index contributed by atoms with van der Waals surface area (Å²) in [6.07, 6.45) is 7.56. The monoisotopic (exact) mass is 282 g/mol. The van der Waals surface area contributed by atoms with Gasteiger partial charge in [0.1, 0.15) is 0 Å². The number of unbranched alkanes of at least 4 members (excludes halogenated alkanes) is 1. The van der Waals surface area contributed by atoms with E-state index in [1.807, 2.05) is 17.1 Å². The van der Waals surface area contributed by atoms with E-state index in [9.17, 15) is 0 Å². The Morgan fingerprint density at radius 2 is 2.21 bits per heavy atom. The van der Waals surface area contributed by atoms with Gasteiger partial charge in [-0.05, 0) is 24.4 Å². The molecule has 19 heavy (non-hydrogen) atoms. The number of ether oxygens (including phenoxy) is 1. The molecule has 0 saturated heterocycles. The lowest BCUT2D eigenvalue weighted by Gasteiger charge is -2.06. The van der Waals surface area contributed by atoms with Gasteiger partial charge in [0.15, 0.2) is 0 Å². The topological polar surface area (TPSA) is 77.8 Å². The van der Waals surface area contributed by atoms with Crippen LogP contribution in [0.5, 0.6) is 6.01 Å². The Balaban J connectivity index is 1.72. The molecule has 2 aromatic heterocycles. The van der Waals surface area contributed by atoms with Crippen LogP contribution < -0.4 is 10.1 Å². The molecule has 2 rings (SSSR count). The highest BCUT2D eigenvalue weighted by Crippen LogP contribution is 2.10. The molecule has 0 aliphatic carbocycles. The third-order valence-corrected chi connectivity index (χ3v) is 2.62. The summed E-state index contributed by atoms with van der Waals surface area (Å²) >= 11 is 5.74. The minimum Gasteiger partial charge on any atom is -0.467 e. The second-order valence-corrected chi connectivity index (χ2v) is 4.19. The number of methoxy groups -OCH3 is 1. The van der Waals surface area contributed by atoms with Crippen LogP contribution >= 0.6 is 11.6 Å². The van der Waals surface area contributed by atoms with Crippen molar-refractivity contribution >= 4 is 17.5 Å². The molecule has 2 heterocycles. The second kappa shape index (κ2) is 6.89. The van der Waals surface area contributed by atoms with Crippen LogP contribution in [0.25, 0.3) is 0 Å². The van der Waals surface area contributed by atoms with E-state index in [1.165, 1.54) is 7.11 Å². The lowest BCUT2D eigenvalue weighted by Crippen LogP contribution is -2.08. The molecule has 0 saturated carbocycles. The van der Waals surface area contributed by atoms with Crippen molar-refractivity contribution in [1.82, 2.24) is 24.5 Å². The molecule has 2 aromatic rings. The predicted octanol–water partition coefficient (Wildman–Crippen LogP) is 1.62. The van der Waals surface area contributed by atoms with Gasteiger partial charge in [0, 0.05) is 25.5 Å². The number of hydrogen-bond acceptors (Lipinski definition) is 6. The first kappa shape index (κ1) is 13.5. The molecule has 0 amide bonds. The van der Waals surface area contributed by atoms with Crippen molar-refractivity contribution < 1.29 is 4.74 Å². The van der Waals surface area contributed by atoms with Crippen LogP contribution in [-0.2, 0) is 6.54 Å². The van der Waals surface area contributed by atoms with E-state index in [1.54, 1.807) is 6.20 Å². The highest BCUT2D eigenvalue weighted by atomic mass is 35.5. The van der Waals surface area contributed by atoms with Crippen LogP contribution in [0.2, 0.25) is 5.28 Å². The van der Waals surface area contributed by atoms with Crippen molar-refractivity contribution in [3.63, 3.8) is 0 Å². The molecule has 0 atom stereocenters. The van der Waals surface area contributed by atoms with Gasteiger partial charge < -0.3 is 14.6 Å². The van der Waals surface area contributed by atoms with Crippen molar-refractivity contribution in [2.45, 2.75) is 19.4 Å². The lowest BCUT2D eigenvalue weighted by molar-refractivity contribution is 0.379. The van der Waals surface area contributed by atoms with Gasteiger partial charge in [0.05, 0.1) is 13.4 Å². The van der Waals surface area contributed by atoms with E-state index in [2.05, 4.69) is 25.3 Å². The molecule has 0 bridgehead atoms. The minimum absolute atomic E-state index is 0.118. The number of imidazole rings is 1. The first-order valence-corrected chi connectivity index (χ1v) is 6.31. The predicted molar refractivity (Wildman–Crippen MR) is 71.3 cm³/mol. The quantitative estimate of drug-likeness (QED) is 0.778. The van der Waals surface area contributed by atoms with Gasteiger partial charge in [-0.25, -0.2) is 4.98 Å². The van der Waals surface area contributed by atoms with Crippen LogP contribution in [0.15, 0.2) is 18.7 Å². The number of aryl methyl sites for hydroxylation is 1. The van der Waals surface area contributed by atoms with Crippen LogP contribution in [0.4, 0.5) is 5.95 Å². The van der Waals surface area contributed by atoms with Crippen LogP contribution in [0, 0.1) is 0 Å². The van der Waals surface area contributed by atoms with Gasteiger partial charge in [-0.3, -0.25) is 0 Å². The van der Waals surface area contributed by atoms with Crippen LogP contribution in [-0.4, -0.2) is 38.2 Å². The normalized spacial score (nSPS) is 10.4. The van der Waals surface area contributed by atoms with Crippen molar-refractivity contribution in [3.8, 4) is 6.01 Å². The SMILES string of the molecule is COc1nc(Cl)nc(NCCCCn2ccnc2)n1. The molecule has 7 nitrogen and oxygen atoms in total. The summed E-state index contributed by atoms with van der Waals surface area (Å²) in [7, 11) is 1.49. The molecule has 8 heteroatoms. The number of halogens is 1. The molecule has 0 spiro atoms. The fourth-order valence-corrected chi connectivity index (χ4v) is 1.69. The smallest absolute Gasteiger partial charge is 0.322 e. The Morgan fingerprint density at radius 3 is 2.95 bits per heavy atom. The molecule has 102 valence electrons. The fourth-order valence-electron chi connectivity index (χ4n) is 1.54. The maximum absolute atomic E-state index is 5.74. The summed E-state index contributed by atoms with van der Waals surface area (Å²) in [6, 6.07) is 0.209. The Hall–Kier alpha value is -1.89. The fraction of sp³-hybridized carbons (Fsp3) is 0.455. The zero-order valence-corrected chi connectivity index (χ0v) is 11.3. The van der Waals surface area contributed by atoms with E-state index in [-0.39, 0.29) is 11.3 Å². The molecule has 0 unspecified atom stereocenters. The molecule has 0 aromatic carbocycles. The summed E-state index contributed by atoms with van der Waals surface area (Å²) in [4.78, 5) is 15.8. The largest absolute Gasteiger partial charge is 0.467 e. The van der Waals surface area contributed by atoms with Crippen molar-refractivity contribution in [3.05, 3.63) is 24.0 Å². The molecular weight excluding hydrogens is 268 g/mol. The summed E-state index contributed by atoms with van der Waals surface area (Å²) < 4.78 is 6.96. The third-order valence-electron chi connectivity index (χ3n) is 2.46. The average Bonchev–Trinajstić information content (AvgIpc) is 2.91. The average molecular weight is 283 g/mol. The third kappa shape index (κ3) is 4.36. The zero-order valence-electron chi connectivity index (χ0n) is 10.6. The van der Waals surface area contributed by atoms with Gasteiger partial charge in [0.2, 0.25) is 11.2 Å². The summed E-state index contributed by atoms with van der Waals surface area (Å²) in [6.45, 7) is 1.71. The Kier molecular flexibility index (Phi) is 4.91. The summed E-state index contributed by atoms with van der Waals surface area (Å²) in [5.74, 6) is 0.430. The van der Waals surface area contributed by atoms with E-state index >= 15 is 0 Å². The number of nitrogens with zero attached hydrogens (tertiary/aromatic N) is 5. The van der Waals surface area contributed by atoms with E-state index < -0.39 is 0 Å². The van der Waals surface area contributed by atoms with Gasteiger partial charge in [-0.2, -0.15) is 15.0 Å².